The first-order chi connectivity index (χ1) is 6.34. The van der Waals surface area contributed by atoms with E-state index in [1.807, 2.05) is 0 Å². The van der Waals surface area contributed by atoms with E-state index in [9.17, 15) is 0 Å². The number of nitrogens with zero attached hydrogens (tertiary/aromatic N) is 3. The summed E-state index contributed by atoms with van der Waals surface area (Å²) in [7, 11) is 0. The van der Waals surface area contributed by atoms with Gasteiger partial charge in [0.05, 0.1) is 6.20 Å². The minimum absolute atomic E-state index is 0.247. The third-order valence-electron chi connectivity index (χ3n) is 1.25. The van der Waals surface area contributed by atoms with E-state index in [0.29, 0.717) is 5.22 Å². The van der Waals surface area contributed by atoms with Crippen LogP contribution in [0.25, 0.3) is 0 Å². The molecule has 2 rings (SSSR count). The predicted molar refractivity (Wildman–Crippen MR) is 47.1 cm³/mol. The summed E-state index contributed by atoms with van der Waals surface area (Å²) in [5, 5.41) is 1.26. The average molecular weight is 194 g/mol. The number of aromatic nitrogens is 3. The van der Waals surface area contributed by atoms with E-state index in [1.165, 1.54) is 18.0 Å². The number of hydrogen-bond acceptors (Lipinski definition) is 6. The number of hydrogen-bond donors (Lipinski definition) is 1. The SMILES string of the molecule is Nc1nccc(Sc2ncco2)n1. The maximum Gasteiger partial charge on any atom is 0.261 e. The van der Waals surface area contributed by atoms with Crippen LogP contribution in [0.4, 0.5) is 5.95 Å². The van der Waals surface area contributed by atoms with Crippen LogP contribution in [0.3, 0.4) is 0 Å². The molecule has 0 aliphatic carbocycles. The van der Waals surface area contributed by atoms with E-state index in [-0.39, 0.29) is 5.95 Å². The average Bonchev–Trinajstić information content (AvgIpc) is 2.57. The van der Waals surface area contributed by atoms with Crippen LogP contribution in [-0.4, -0.2) is 15.0 Å². The van der Waals surface area contributed by atoms with Gasteiger partial charge in [-0.3, -0.25) is 0 Å². The molecule has 2 aromatic heterocycles. The van der Waals surface area contributed by atoms with Crippen molar-refractivity contribution in [2.75, 3.05) is 5.73 Å². The number of nitrogen functional groups attached to an aromatic ring is 1. The molecule has 0 aromatic carbocycles. The van der Waals surface area contributed by atoms with Crippen LogP contribution in [0, 0.1) is 0 Å². The van der Waals surface area contributed by atoms with Crippen molar-refractivity contribution < 1.29 is 4.42 Å². The highest BCUT2D eigenvalue weighted by atomic mass is 32.2. The maximum atomic E-state index is 5.40. The van der Waals surface area contributed by atoms with Crippen LogP contribution in [-0.2, 0) is 0 Å². The third kappa shape index (κ3) is 1.97. The van der Waals surface area contributed by atoms with Crippen LogP contribution in [0.1, 0.15) is 0 Å². The molecule has 5 nitrogen and oxygen atoms in total. The van der Waals surface area contributed by atoms with Crippen LogP contribution in [0.2, 0.25) is 0 Å². The van der Waals surface area contributed by atoms with Gasteiger partial charge in [-0.2, -0.15) is 0 Å². The Hall–Kier alpha value is -1.56. The highest BCUT2D eigenvalue weighted by Gasteiger charge is 2.02. The fourth-order valence-corrected chi connectivity index (χ4v) is 1.43. The minimum Gasteiger partial charge on any atom is -0.440 e. The normalized spacial score (nSPS) is 10.2. The quantitative estimate of drug-likeness (QED) is 0.724. The monoisotopic (exact) mass is 194 g/mol. The second kappa shape index (κ2) is 3.44. The lowest BCUT2D eigenvalue weighted by Crippen LogP contribution is -1.93. The van der Waals surface area contributed by atoms with Crippen molar-refractivity contribution in [1.82, 2.24) is 15.0 Å². The molecular formula is C7H6N4OS. The number of oxazole rings is 1. The molecule has 0 atom stereocenters. The van der Waals surface area contributed by atoms with Crippen LogP contribution >= 0.6 is 11.8 Å². The van der Waals surface area contributed by atoms with Gasteiger partial charge in [-0.15, -0.1) is 0 Å². The molecule has 13 heavy (non-hydrogen) atoms. The molecule has 0 aliphatic rings. The zero-order valence-electron chi connectivity index (χ0n) is 6.54. The predicted octanol–water partition coefficient (Wildman–Crippen LogP) is 1.20. The Labute approximate surface area is 78.4 Å². The number of nitrogens with two attached hydrogens (primary N) is 1. The van der Waals surface area contributed by atoms with E-state index in [4.69, 9.17) is 10.2 Å². The van der Waals surface area contributed by atoms with Crippen LogP contribution in [0.5, 0.6) is 0 Å². The van der Waals surface area contributed by atoms with E-state index in [0.717, 1.165) is 5.03 Å². The van der Waals surface area contributed by atoms with E-state index in [1.54, 1.807) is 18.5 Å². The minimum atomic E-state index is 0.247. The summed E-state index contributed by atoms with van der Waals surface area (Å²) in [5.74, 6) is 0.247. The Balaban J connectivity index is 2.19. The Morgan fingerprint density at radius 3 is 2.92 bits per heavy atom. The highest BCUT2D eigenvalue weighted by molar-refractivity contribution is 7.99. The topological polar surface area (TPSA) is 77.8 Å². The molecule has 0 radical (unpaired) electrons. The summed E-state index contributed by atoms with van der Waals surface area (Å²) in [6.45, 7) is 0. The lowest BCUT2D eigenvalue weighted by atomic mass is 10.7. The molecule has 0 spiro atoms. The maximum absolute atomic E-state index is 5.40. The lowest BCUT2D eigenvalue weighted by molar-refractivity contribution is 0.454. The lowest BCUT2D eigenvalue weighted by Gasteiger charge is -1.95. The molecule has 2 N–H and O–H groups in total. The zero-order chi connectivity index (χ0) is 9.10. The van der Waals surface area contributed by atoms with Gasteiger partial charge in [-0.1, -0.05) is 0 Å². The standard InChI is InChI=1S/C7H6N4OS/c8-6-9-2-1-5(11-6)13-7-10-3-4-12-7/h1-4H,(H2,8,9,11). The molecule has 0 fully saturated rings. The smallest absolute Gasteiger partial charge is 0.261 e. The molecular weight excluding hydrogens is 188 g/mol. The first kappa shape index (κ1) is 8.06. The second-order valence-corrected chi connectivity index (χ2v) is 3.12. The first-order valence-corrected chi connectivity index (χ1v) is 4.32. The van der Waals surface area contributed by atoms with E-state index < -0.39 is 0 Å². The third-order valence-corrected chi connectivity index (χ3v) is 2.06. The van der Waals surface area contributed by atoms with Crippen molar-refractivity contribution in [2.45, 2.75) is 10.2 Å². The molecule has 66 valence electrons. The molecule has 6 heteroatoms. The van der Waals surface area contributed by atoms with Crippen LogP contribution in [0.15, 0.2) is 39.4 Å². The number of anilines is 1. The van der Waals surface area contributed by atoms with Gasteiger partial charge in [0.15, 0.2) is 0 Å². The van der Waals surface area contributed by atoms with Gasteiger partial charge in [0, 0.05) is 6.20 Å². The van der Waals surface area contributed by atoms with Crippen molar-refractivity contribution in [3.8, 4) is 0 Å². The molecule has 0 aliphatic heterocycles. The Kier molecular flexibility index (Phi) is 2.13. The van der Waals surface area contributed by atoms with Gasteiger partial charge in [-0.05, 0) is 17.8 Å². The highest BCUT2D eigenvalue weighted by Crippen LogP contribution is 2.23. The van der Waals surface area contributed by atoms with Crippen molar-refractivity contribution >= 4 is 17.7 Å². The van der Waals surface area contributed by atoms with Crippen LogP contribution < -0.4 is 5.73 Å². The van der Waals surface area contributed by atoms with Gasteiger partial charge in [0.25, 0.3) is 5.22 Å². The summed E-state index contributed by atoms with van der Waals surface area (Å²) >= 11 is 1.30. The zero-order valence-corrected chi connectivity index (χ0v) is 7.36. The van der Waals surface area contributed by atoms with Crippen molar-refractivity contribution in [1.29, 1.82) is 0 Å². The Bertz CT molecular complexity index is 389. The molecule has 0 unspecified atom stereocenters. The van der Waals surface area contributed by atoms with Crippen molar-refractivity contribution in [2.24, 2.45) is 0 Å². The number of rotatable bonds is 2. The molecule has 0 saturated carbocycles. The summed E-state index contributed by atoms with van der Waals surface area (Å²) in [6, 6.07) is 1.74. The second-order valence-electron chi connectivity index (χ2n) is 2.15. The molecule has 2 aromatic rings. The molecule has 0 bridgehead atoms. The Morgan fingerprint density at radius 2 is 2.23 bits per heavy atom. The van der Waals surface area contributed by atoms with Gasteiger partial charge in [-0.25, -0.2) is 15.0 Å². The fraction of sp³-hybridized carbons (Fsp3) is 0. The molecule has 2 heterocycles. The fourth-order valence-electron chi connectivity index (χ4n) is 0.763. The van der Waals surface area contributed by atoms with E-state index in [2.05, 4.69) is 15.0 Å². The first-order valence-electron chi connectivity index (χ1n) is 3.50. The van der Waals surface area contributed by atoms with Crippen molar-refractivity contribution in [3.63, 3.8) is 0 Å². The Morgan fingerprint density at radius 1 is 1.31 bits per heavy atom. The molecule has 0 amide bonds. The van der Waals surface area contributed by atoms with Crippen molar-refractivity contribution in [3.05, 3.63) is 24.7 Å². The molecule has 0 saturated heterocycles. The van der Waals surface area contributed by atoms with Gasteiger partial charge in [0.1, 0.15) is 11.3 Å². The summed E-state index contributed by atoms with van der Waals surface area (Å²) in [6.07, 6.45) is 4.67. The van der Waals surface area contributed by atoms with Gasteiger partial charge in [0.2, 0.25) is 5.95 Å². The van der Waals surface area contributed by atoms with Gasteiger partial charge >= 0.3 is 0 Å². The summed E-state index contributed by atoms with van der Waals surface area (Å²) in [4.78, 5) is 11.7. The van der Waals surface area contributed by atoms with E-state index >= 15 is 0 Å². The largest absolute Gasteiger partial charge is 0.440 e. The summed E-state index contributed by atoms with van der Waals surface area (Å²) in [5.41, 5.74) is 5.40. The summed E-state index contributed by atoms with van der Waals surface area (Å²) < 4.78 is 5.03. The van der Waals surface area contributed by atoms with Gasteiger partial charge < -0.3 is 10.2 Å².